The highest BCUT2D eigenvalue weighted by Gasteiger charge is 2.38. The molecule has 0 bridgehead atoms. The topological polar surface area (TPSA) is 87.9 Å². The molecule has 176 valence electrons. The Morgan fingerprint density at radius 1 is 1.22 bits per heavy atom. The number of nitrogens with one attached hydrogen (secondary N) is 1. The number of benzene rings is 1. The zero-order chi connectivity index (χ0) is 22.9. The van der Waals surface area contributed by atoms with Crippen LogP contribution >= 0.6 is 0 Å². The smallest absolute Gasteiger partial charge is 0.370 e. The third-order valence-electron chi connectivity index (χ3n) is 6.19. The van der Waals surface area contributed by atoms with Crippen molar-refractivity contribution in [1.29, 1.82) is 0 Å². The SMILES string of the molecule is NC[C@@H](C(=O)Nc1ccc(N2CCOCC2=O)c(C(F)(F)F)c1)N(CC1CC1)CC1CC1. The predicted molar refractivity (Wildman–Crippen MR) is 113 cm³/mol. The molecule has 2 saturated carbocycles. The van der Waals surface area contributed by atoms with E-state index in [1.54, 1.807) is 0 Å². The highest BCUT2D eigenvalue weighted by molar-refractivity contribution is 5.98. The van der Waals surface area contributed by atoms with Crippen LogP contribution in [-0.4, -0.2) is 62.1 Å². The van der Waals surface area contributed by atoms with Crippen LogP contribution in [0, 0.1) is 11.8 Å². The molecular weight excluding hydrogens is 425 g/mol. The van der Waals surface area contributed by atoms with Gasteiger partial charge < -0.3 is 20.7 Å². The number of anilines is 2. The number of hydrogen-bond acceptors (Lipinski definition) is 5. The van der Waals surface area contributed by atoms with Crippen LogP contribution in [0.25, 0.3) is 0 Å². The van der Waals surface area contributed by atoms with Gasteiger partial charge in [0.2, 0.25) is 5.91 Å². The summed E-state index contributed by atoms with van der Waals surface area (Å²) in [5, 5.41) is 2.63. The third-order valence-corrected chi connectivity index (χ3v) is 6.19. The molecule has 1 heterocycles. The summed E-state index contributed by atoms with van der Waals surface area (Å²) in [5.74, 6) is 0.199. The number of ether oxygens (including phenoxy) is 1. The van der Waals surface area contributed by atoms with E-state index in [1.807, 2.05) is 0 Å². The minimum Gasteiger partial charge on any atom is -0.370 e. The minimum absolute atomic E-state index is 0.0306. The summed E-state index contributed by atoms with van der Waals surface area (Å²) in [7, 11) is 0. The van der Waals surface area contributed by atoms with Crippen molar-refractivity contribution in [3.8, 4) is 0 Å². The largest absolute Gasteiger partial charge is 0.418 e. The fourth-order valence-corrected chi connectivity index (χ4v) is 4.09. The molecule has 32 heavy (non-hydrogen) atoms. The monoisotopic (exact) mass is 454 g/mol. The molecule has 10 heteroatoms. The van der Waals surface area contributed by atoms with Crippen molar-refractivity contribution in [2.75, 3.05) is 49.6 Å². The van der Waals surface area contributed by atoms with Crippen LogP contribution in [0.5, 0.6) is 0 Å². The molecule has 0 radical (unpaired) electrons. The van der Waals surface area contributed by atoms with Crippen LogP contribution < -0.4 is 16.0 Å². The van der Waals surface area contributed by atoms with Gasteiger partial charge in [-0.3, -0.25) is 14.5 Å². The van der Waals surface area contributed by atoms with Crippen molar-refractivity contribution in [2.45, 2.75) is 37.9 Å². The van der Waals surface area contributed by atoms with Crippen molar-refractivity contribution in [1.82, 2.24) is 4.90 Å². The van der Waals surface area contributed by atoms with Crippen LogP contribution in [0.1, 0.15) is 31.2 Å². The number of halogens is 3. The lowest BCUT2D eigenvalue weighted by Gasteiger charge is -2.31. The van der Waals surface area contributed by atoms with Gasteiger partial charge in [-0.25, -0.2) is 0 Å². The fourth-order valence-electron chi connectivity index (χ4n) is 4.09. The molecule has 4 rings (SSSR count). The molecule has 1 aliphatic heterocycles. The summed E-state index contributed by atoms with van der Waals surface area (Å²) in [4.78, 5) is 28.2. The first kappa shape index (κ1) is 23.0. The standard InChI is InChI=1S/C22H29F3N4O3/c23-22(24,25)17-9-16(5-6-18(17)29-7-8-32-13-20(29)30)27-21(31)19(10-26)28(11-14-1-2-14)12-15-3-4-15/h5-6,9,14-15,19H,1-4,7-8,10-13,26H2,(H,27,31)/t19-/m0/s1. The predicted octanol–water partition coefficient (Wildman–Crippen LogP) is 2.46. The number of nitrogens with two attached hydrogens (primary N) is 1. The molecule has 1 atom stereocenters. The Bertz CT molecular complexity index is 841. The van der Waals surface area contributed by atoms with Crippen LogP contribution in [-0.2, 0) is 20.5 Å². The summed E-state index contributed by atoms with van der Waals surface area (Å²) < 4.78 is 46.4. The molecule has 1 aromatic carbocycles. The second kappa shape index (κ2) is 9.36. The molecule has 3 fully saturated rings. The molecule has 3 aliphatic rings. The first-order valence-electron chi connectivity index (χ1n) is 11.1. The van der Waals surface area contributed by atoms with E-state index in [-0.39, 0.29) is 37.7 Å². The lowest BCUT2D eigenvalue weighted by molar-refractivity contribution is -0.137. The first-order chi connectivity index (χ1) is 15.3. The Hall–Kier alpha value is -2.17. The number of nitrogens with zero attached hydrogens (tertiary/aromatic N) is 2. The van der Waals surface area contributed by atoms with E-state index in [2.05, 4.69) is 10.2 Å². The highest BCUT2D eigenvalue weighted by atomic mass is 19.4. The van der Waals surface area contributed by atoms with Crippen LogP contribution in [0.15, 0.2) is 18.2 Å². The maximum absolute atomic E-state index is 13.8. The van der Waals surface area contributed by atoms with Crippen molar-refractivity contribution >= 4 is 23.2 Å². The van der Waals surface area contributed by atoms with Crippen LogP contribution in [0.2, 0.25) is 0 Å². The van der Waals surface area contributed by atoms with Crippen molar-refractivity contribution in [3.05, 3.63) is 23.8 Å². The van der Waals surface area contributed by atoms with Gasteiger partial charge in [0.1, 0.15) is 12.6 Å². The number of hydrogen-bond donors (Lipinski definition) is 2. The van der Waals surface area contributed by atoms with E-state index in [1.165, 1.54) is 12.1 Å². The Kier molecular flexibility index (Phi) is 6.73. The van der Waals surface area contributed by atoms with Crippen molar-refractivity contribution in [3.63, 3.8) is 0 Å². The molecule has 0 unspecified atom stereocenters. The van der Waals surface area contributed by atoms with Crippen LogP contribution in [0.3, 0.4) is 0 Å². The number of carbonyl (C=O) groups excluding carboxylic acids is 2. The molecule has 0 spiro atoms. The Morgan fingerprint density at radius 3 is 2.41 bits per heavy atom. The zero-order valence-corrected chi connectivity index (χ0v) is 17.9. The van der Waals surface area contributed by atoms with Gasteiger partial charge in [-0.15, -0.1) is 0 Å². The Balaban J connectivity index is 1.53. The Labute approximate surface area is 185 Å². The van der Waals surface area contributed by atoms with E-state index >= 15 is 0 Å². The highest BCUT2D eigenvalue weighted by Crippen LogP contribution is 2.39. The molecule has 1 aromatic rings. The Morgan fingerprint density at radius 2 is 1.88 bits per heavy atom. The van der Waals surface area contributed by atoms with E-state index < -0.39 is 29.6 Å². The molecule has 3 N–H and O–H groups in total. The first-order valence-corrected chi connectivity index (χ1v) is 11.1. The summed E-state index contributed by atoms with van der Waals surface area (Å²) >= 11 is 0. The van der Waals surface area contributed by atoms with E-state index in [0.29, 0.717) is 11.8 Å². The average molecular weight is 454 g/mol. The zero-order valence-electron chi connectivity index (χ0n) is 17.9. The maximum atomic E-state index is 13.8. The fraction of sp³-hybridized carbons (Fsp3) is 0.636. The van der Waals surface area contributed by atoms with Gasteiger partial charge in [0.25, 0.3) is 5.91 Å². The van der Waals surface area contributed by atoms with Gasteiger partial charge >= 0.3 is 6.18 Å². The summed E-state index contributed by atoms with van der Waals surface area (Å²) in [5.41, 5.74) is 4.75. The second-order valence-electron chi connectivity index (χ2n) is 8.91. The maximum Gasteiger partial charge on any atom is 0.418 e. The lowest BCUT2D eigenvalue weighted by atomic mass is 10.1. The van der Waals surface area contributed by atoms with Crippen LogP contribution in [0.4, 0.5) is 24.5 Å². The molecule has 2 aliphatic carbocycles. The van der Waals surface area contributed by atoms with Crippen molar-refractivity contribution < 1.29 is 27.5 Å². The number of amides is 2. The lowest BCUT2D eigenvalue weighted by Crippen LogP contribution is -2.50. The summed E-state index contributed by atoms with van der Waals surface area (Å²) in [6.45, 7) is 1.62. The summed E-state index contributed by atoms with van der Waals surface area (Å²) in [6.07, 6.45) is -0.146. The number of morpholine rings is 1. The van der Waals surface area contributed by atoms with Gasteiger partial charge in [0.05, 0.1) is 17.9 Å². The molecule has 2 amide bonds. The number of carbonyl (C=O) groups is 2. The van der Waals surface area contributed by atoms with E-state index in [9.17, 15) is 22.8 Å². The van der Waals surface area contributed by atoms with E-state index in [0.717, 1.165) is 49.7 Å². The average Bonchev–Trinajstić information content (AvgIpc) is 3.65. The third kappa shape index (κ3) is 5.60. The molecule has 0 aromatic heterocycles. The van der Waals surface area contributed by atoms with Gasteiger partial charge in [-0.1, -0.05) is 0 Å². The molecule has 1 saturated heterocycles. The van der Waals surface area contributed by atoms with Gasteiger partial charge in [-0.2, -0.15) is 13.2 Å². The summed E-state index contributed by atoms with van der Waals surface area (Å²) in [6, 6.07) is 2.91. The van der Waals surface area contributed by atoms with Crippen molar-refractivity contribution in [2.24, 2.45) is 17.6 Å². The van der Waals surface area contributed by atoms with Gasteiger partial charge in [-0.05, 0) is 55.7 Å². The number of rotatable bonds is 9. The van der Waals surface area contributed by atoms with E-state index in [4.69, 9.17) is 10.5 Å². The normalized spacial score (nSPS) is 20.5. The minimum atomic E-state index is -4.69. The quantitative estimate of drug-likeness (QED) is 0.599. The molecule has 7 nitrogen and oxygen atoms in total. The second-order valence-corrected chi connectivity index (χ2v) is 8.91. The van der Waals surface area contributed by atoms with Gasteiger partial charge in [0.15, 0.2) is 0 Å². The van der Waals surface area contributed by atoms with Gasteiger partial charge in [0, 0.05) is 31.9 Å². The molecular formula is C22H29F3N4O3. The number of alkyl halides is 3.